The third kappa shape index (κ3) is 3.50. The SMILES string of the molecule is Cc1cc(C(=O)N[C@H]2CCO[C@H](c3cncn3C)C2)cc(=O)[nH]1. The molecule has 23 heavy (non-hydrogen) atoms. The van der Waals surface area contributed by atoms with E-state index < -0.39 is 0 Å². The first kappa shape index (κ1) is 15.5. The zero-order valence-corrected chi connectivity index (χ0v) is 13.2. The number of amides is 1. The molecule has 122 valence electrons. The molecule has 3 heterocycles. The van der Waals surface area contributed by atoms with Gasteiger partial charge in [0.25, 0.3) is 5.91 Å². The summed E-state index contributed by atoms with van der Waals surface area (Å²) in [5, 5.41) is 3.00. The number of aromatic nitrogens is 3. The zero-order valence-electron chi connectivity index (χ0n) is 13.2. The number of pyridine rings is 1. The summed E-state index contributed by atoms with van der Waals surface area (Å²) in [4.78, 5) is 30.6. The Morgan fingerprint density at radius 1 is 1.48 bits per heavy atom. The number of carbonyl (C=O) groups excluding carboxylic acids is 1. The third-order valence-corrected chi connectivity index (χ3v) is 4.04. The lowest BCUT2D eigenvalue weighted by Crippen LogP contribution is -2.40. The highest BCUT2D eigenvalue weighted by atomic mass is 16.5. The molecule has 2 atom stereocenters. The van der Waals surface area contributed by atoms with Gasteiger partial charge >= 0.3 is 0 Å². The molecule has 2 aromatic heterocycles. The molecular formula is C16H20N4O3. The van der Waals surface area contributed by atoms with E-state index in [-0.39, 0.29) is 23.6 Å². The van der Waals surface area contributed by atoms with E-state index in [2.05, 4.69) is 15.3 Å². The van der Waals surface area contributed by atoms with Crippen molar-refractivity contribution in [1.29, 1.82) is 0 Å². The Hall–Kier alpha value is -2.41. The fourth-order valence-electron chi connectivity index (χ4n) is 2.89. The van der Waals surface area contributed by atoms with Gasteiger partial charge in [0.2, 0.25) is 5.56 Å². The number of nitrogens with one attached hydrogen (secondary N) is 2. The van der Waals surface area contributed by atoms with Gasteiger partial charge in [0.1, 0.15) is 6.10 Å². The highest BCUT2D eigenvalue weighted by Crippen LogP contribution is 2.27. The number of ether oxygens (including phenoxy) is 1. The van der Waals surface area contributed by atoms with Crippen molar-refractivity contribution < 1.29 is 9.53 Å². The number of nitrogens with zero attached hydrogens (tertiary/aromatic N) is 2. The lowest BCUT2D eigenvalue weighted by Gasteiger charge is -2.30. The Morgan fingerprint density at radius 2 is 2.30 bits per heavy atom. The van der Waals surface area contributed by atoms with Gasteiger partial charge in [0.05, 0.1) is 18.2 Å². The number of imidazole rings is 1. The van der Waals surface area contributed by atoms with Crippen LogP contribution in [0.2, 0.25) is 0 Å². The van der Waals surface area contributed by atoms with Gasteiger partial charge in [-0.15, -0.1) is 0 Å². The van der Waals surface area contributed by atoms with Gasteiger partial charge in [0.15, 0.2) is 0 Å². The monoisotopic (exact) mass is 316 g/mol. The molecule has 1 aliphatic rings. The van der Waals surface area contributed by atoms with Crippen molar-refractivity contribution in [3.8, 4) is 0 Å². The second kappa shape index (κ2) is 6.37. The number of rotatable bonds is 3. The van der Waals surface area contributed by atoms with Crippen molar-refractivity contribution in [3.05, 3.63) is 52.0 Å². The molecule has 1 amide bonds. The smallest absolute Gasteiger partial charge is 0.251 e. The first-order valence-corrected chi connectivity index (χ1v) is 7.62. The van der Waals surface area contributed by atoms with E-state index in [1.165, 1.54) is 6.07 Å². The van der Waals surface area contributed by atoms with Crippen LogP contribution in [0.3, 0.4) is 0 Å². The van der Waals surface area contributed by atoms with E-state index in [1.54, 1.807) is 25.5 Å². The number of aryl methyl sites for hydroxylation is 2. The zero-order chi connectivity index (χ0) is 16.4. The summed E-state index contributed by atoms with van der Waals surface area (Å²) in [5.74, 6) is -0.227. The van der Waals surface area contributed by atoms with Crippen LogP contribution >= 0.6 is 0 Å². The van der Waals surface area contributed by atoms with Crippen molar-refractivity contribution in [2.75, 3.05) is 6.61 Å². The van der Waals surface area contributed by atoms with Crippen molar-refractivity contribution in [1.82, 2.24) is 19.9 Å². The summed E-state index contributed by atoms with van der Waals surface area (Å²) >= 11 is 0. The van der Waals surface area contributed by atoms with Gasteiger partial charge in [0, 0.05) is 37.0 Å². The number of hydrogen-bond acceptors (Lipinski definition) is 4. The van der Waals surface area contributed by atoms with E-state index in [1.807, 2.05) is 11.6 Å². The van der Waals surface area contributed by atoms with Crippen LogP contribution in [0, 0.1) is 6.92 Å². The van der Waals surface area contributed by atoms with E-state index in [0.717, 1.165) is 12.1 Å². The molecule has 7 nitrogen and oxygen atoms in total. The standard InChI is InChI=1S/C16H20N4O3/c1-10-5-11(6-15(21)18-10)16(22)19-12-3-4-23-14(7-12)13-8-17-9-20(13)2/h5-6,8-9,12,14H,3-4,7H2,1-2H3,(H,18,21)(H,19,22)/t12-,14-/m0/s1. The molecule has 1 saturated heterocycles. The molecule has 0 aliphatic carbocycles. The van der Waals surface area contributed by atoms with Crippen LogP contribution in [0.25, 0.3) is 0 Å². The maximum Gasteiger partial charge on any atom is 0.251 e. The minimum atomic E-state index is -0.269. The fourth-order valence-corrected chi connectivity index (χ4v) is 2.89. The van der Waals surface area contributed by atoms with Crippen LogP contribution in [0.4, 0.5) is 0 Å². The molecule has 2 aromatic rings. The molecule has 0 aromatic carbocycles. The highest BCUT2D eigenvalue weighted by molar-refractivity contribution is 5.94. The minimum Gasteiger partial charge on any atom is -0.372 e. The Balaban J connectivity index is 1.69. The summed E-state index contributed by atoms with van der Waals surface area (Å²) in [7, 11) is 1.92. The first-order valence-electron chi connectivity index (χ1n) is 7.62. The van der Waals surface area contributed by atoms with Gasteiger partial charge in [-0.3, -0.25) is 9.59 Å². The summed E-state index contributed by atoms with van der Waals surface area (Å²) < 4.78 is 7.72. The average molecular weight is 316 g/mol. The van der Waals surface area contributed by atoms with Crippen LogP contribution in [-0.4, -0.2) is 33.1 Å². The number of H-pyrrole nitrogens is 1. The maximum absolute atomic E-state index is 12.4. The molecule has 0 saturated carbocycles. The van der Waals surface area contributed by atoms with Crippen LogP contribution in [-0.2, 0) is 11.8 Å². The quantitative estimate of drug-likeness (QED) is 0.886. The van der Waals surface area contributed by atoms with Gasteiger partial charge in [-0.25, -0.2) is 4.98 Å². The molecule has 2 N–H and O–H groups in total. The van der Waals surface area contributed by atoms with Gasteiger partial charge in [-0.1, -0.05) is 0 Å². The van der Waals surface area contributed by atoms with E-state index in [0.29, 0.717) is 24.3 Å². The van der Waals surface area contributed by atoms with Crippen LogP contribution < -0.4 is 10.9 Å². The predicted octanol–water partition coefficient (Wildman–Crippen LogP) is 1.07. The molecule has 1 aliphatic heterocycles. The highest BCUT2D eigenvalue weighted by Gasteiger charge is 2.27. The maximum atomic E-state index is 12.4. The molecule has 0 unspecified atom stereocenters. The molecule has 0 radical (unpaired) electrons. The number of hydrogen-bond donors (Lipinski definition) is 2. The summed E-state index contributed by atoms with van der Waals surface area (Å²) in [6.07, 6.45) is 4.88. The Labute approximate surface area is 133 Å². The van der Waals surface area contributed by atoms with Gasteiger partial charge < -0.3 is 19.6 Å². The molecule has 0 spiro atoms. The second-order valence-corrected chi connectivity index (χ2v) is 5.90. The Kier molecular flexibility index (Phi) is 4.29. The van der Waals surface area contributed by atoms with Crippen LogP contribution in [0.15, 0.2) is 29.5 Å². The largest absolute Gasteiger partial charge is 0.372 e. The number of aromatic amines is 1. The van der Waals surface area contributed by atoms with E-state index >= 15 is 0 Å². The van der Waals surface area contributed by atoms with Gasteiger partial charge in [-0.05, 0) is 25.8 Å². The fraction of sp³-hybridized carbons (Fsp3) is 0.438. The van der Waals surface area contributed by atoms with Crippen LogP contribution in [0.1, 0.15) is 40.7 Å². The van der Waals surface area contributed by atoms with Gasteiger partial charge in [-0.2, -0.15) is 0 Å². The van der Waals surface area contributed by atoms with Crippen molar-refractivity contribution in [2.45, 2.75) is 31.9 Å². The molecular weight excluding hydrogens is 296 g/mol. The lowest BCUT2D eigenvalue weighted by atomic mass is 10.0. The summed E-state index contributed by atoms with van der Waals surface area (Å²) in [6.45, 7) is 2.33. The average Bonchev–Trinajstić information content (AvgIpc) is 2.92. The predicted molar refractivity (Wildman–Crippen MR) is 84.2 cm³/mol. The van der Waals surface area contributed by atoms with Crippen LogP contribution in [0.5, 0.6) is 0 Å². The topological polar surface area (TPSA) is 89.0 Å². The lowest BCUT2D eigenvalue weighted by molar-refractivity contribution is -0.00302. The minimum absolute atomic E-state index is 0.00995. The number of carbonyl (C=O) groups is 1. The summed E-state index contributed by atoms with van der Waals surface area (Å²) in [5.41, 5.74) is 1.78. The Morgan fingerprint density at radius 3 is 3.00 bits per heavy atom. The third-order valence-electron chi connectivity index (χ3n) is 4.04. The molecule has 3 rings (SSSR count). The van der Waals surface area contributed by atoms with Crippen molar-refractivity contribution in [2.24, 2.45) is 7.05 Å². The van der Waals surface area contributed by atoms with E-state index in [4.69, 9.17) is 4.74 Å². The second-order valence-electron chi connectivity index (χ2n) is 5.90. The molecule has 7 heteroatoms. The first-order chi connectivity index (χ1) is 11.0. The molecule has 0 bridgehead atoms. The van der Waals surface area contributed by atoms with Crippen molar-refractivity contribution >= 4 is 5.91 Å². The van der Waals surface area contributed by atoms with E-state index in [9.17, 15) is 9.59 Å². The Bertz CT molecular complexity index is 765. The summed E-state index contributed by atoms with van der Waals surface area (Å²) in [6, 6.07) is 3.00. The molecule has 1 fully saturated rings. The normalized spacial score (nSPS) is 21.1. The van der Waals surface area contributed by atoms with Crippen molar-refractivity contribution in [3.63, 3.8) is 0 Å².